The molecule has 0 aliphatic carbocycles. The van der Waals surface area contributed by atoms with E-state index >= 15 is 0 Å². The van der Waals surface area contributed by atoms with Crippen LogP contribution in [0, 0.1) is 0 Å². The van der Waals surface area contributed by atoms with Crippen molar-refractivity contribution in [3.05, 3.63) is 35.4 Å². The van der Waals surface area contributed by atoms with Crippen molar-refractivity contribution in [1.29, 1.82) is 0 Å². The smallest absolute Gasteiger partial charge is 0.239 e. The topological polar surface area (TPSA) is 35.6 Å². The number of likely N-dealkylation sites (N-methyl/N-ethyl adjacent to an activating group) is 1. The Kier molecular flexibility index (Phi) is 5.40. The van der Waals surface area contributed by atoms with Gasteiger partial charge in [-0.25, -0.2) is 0 Å². The van der Waals surface area contributed by atoms with E-state index in [4.69, 9.17) is 11.6 Å². The fourth-order valence-electron chi connectivity index (χ4n) is 4.13. The molecule has 136 valence electrons. The molecule has 2 heterocycles. The molecular weight excluding hydrogens is 334 g/mol. The van der Waals surface area contributed by atoms with E-state index < -0.39 is 0 Å². The van der Waals surface area contributed by atoms with Crippen LogP contribution in [0.3, 0.4) is 0 Å². The normalized spacial score (nSPS) is 23.9. The second-order valence-corrected chi connectivity index (χ2v) is 7.97. The Bertz CT molecular complexity index is 673. The van der Waals surface area contributed by atoms with E-state index in [1.165, 1.54) is 6.42 Å². The van der Waals surface area contributed by atoms with Gasteiger partial charge in [0, 0.05) is 40.9 Å². The lowest BCUT2D eigenvalue weighted by molar-refractivity contribution is -0.120. The minimum atomic E-state index is 0.0549. The monoisotopic (exact) mass is 361 g/mol. The molecule has 1 aromatic rings. The second kappa shape index (κ2) is 7.38. The van der Waals surface area contributed by atoms with Crippen LogP contribution in [0.25, 0.3) is 5.57 Å². The van der Waals surface area contributed by atoms with Crippen molar-refractivity contribution in [1.82, 2.24) is 10.2 Å². The summed E-state index contributed by atoms with van der Waals surface area (Å²) in [6, 6.07) is 6.98. The predicted molar refractivity (Wildman–Crippen MR) is 105 cm³/mol. The van der Waals surface area contributed by atoms with Crippen LogP contribution in [0.5, 0.6) is 0 Å². The predicted octanol–water partition coefficient (Wildman–Crippen LogP) is 3.55. The molecule has 1 aromatic carbocycles. The molecule has 1 saturated heterocycles. The number of carbonyl (C=O) groups is 1. The van der Waals surface area contributed by atoms with Crippen molar-refractivity contribution >= 4 is 28.8 Å². The highest BCUT2D eigenvalue weighted by molar-refractivity contribution is 6.30. The molecule has 4 nitrogen and oxygen atoms in total. The first kappa shape index (κ1) is 18.3. The van der Waals surface area contributed by atoms with E-state index in [1.807, 2.05) is 32.0 Å². The highest BCUT2D eigenvalue weighted by Crippen LogP contribution is 2.39. The molecule has 1 N–H and O–H groups in total. The molecule has 0 aromatic heterocycles. The molecule has 2 atom stereocenters. The third kappa shape index (κ3) is 3.85. The van der Waals surface area contributed by atoms with E-state index in [0.29, 0.717) is 23.7 Å². The fraction of sp³-hybridized carbons (Fsp3) is 0.550. The van der Waals surface area contributed by atoms with Gasteiger partial charge in [0.15, 0.2) is 0 Å². The van der Waals surface area contributed by atoms with E-state index in [2.05, 4.69) is 28.7 Å². The molecule has 25 heavy (non-hydrogen) atoms. The molecule has 5 heteroatoms. The van der Waals surface area contributed by atoms with E-state index in [1.54, 1.807) is 0 Å². The number of amides is 1. The van der Waals surface area contributed by atoms with Gasteiger partial charge in [0.05, 0.1) is 6.54 Å². The lowest BCUT2D eigenvalue weighted by Crippen LogP contribution is -2.41. The van der Waals surface area contributed by atoms with E-state index in [-0.39, 0.29) is 11.9 Å². The maximum absolute atomic E-state index is 12.4. The van der Waals surface area contributed by atoms with Crippen LogP contribution in [0.2, 0.25) is 5.02 Å². The number of carbonyl (C=O) groups excluding carboxylic acids is 1. The molecule has 0 radical (unpaired) electrons. The summed E-state index contributed by atoms with van der Waals surface area (Å²) >= 11 is 6.28. The first-order valence-electron chi connectivity index (χ1n) is 9.11. The summed E-state index contributed by atoms with van der Waals surface area (Å²) in [4.78, 5) is 17.0. The number of hydrogen-bond donors (Lipinski definition) is 1. The SMILES string of the molecule is C=C1c2cc(Cl)ccc2N(CC(=O)NC(C)C)CCC2CCC1N2C. The minimum absolute atomic E-state index is 0.0549. The van der Waals surface area contributed by atoms with Crippen molar-refractivity contribution in [3.63, 3.8) is 0 Å². The molecule has 1 fully saturated rings. The average Bonchev–Trinajstić information content (AvgIpc) is 2.91. The van der Waals surface area contributed by atoms with Gasteiger partial charge < -0.3 is 10.2 Å². The first-order valence-corrected chi connectivity index (χ1v) is 9.49. The molecule has 1 amide bonds. The average molecular weight is 362 g/mol. The summed E-state index contributed by atoms with van der Waals surface area (Å²) in [5.74, 6) is 0.0549. The summed E-state index contributed by atoms with van der Waals surface area (Å²) in [6.07, 6.45) is 3.37. The van der Waals surface area contributed by atoms with Gasteiger partial charge in [0.1, 0.15) is 0 Å². The number of benzene rings is 1. The number of rotatable bonds is 3. The molecule has 3 rings (SSSR count). The Balaban J connectivity index is 1.96. The van der Waals surface area contributed by atoms with Gasteiger partial charge in [0.25, 0.3) is 0 Å². The lowest BCUT2D eigenvalue weighted by atomic mass is 9.95. The number of fused-ring (bicyclic) bond motifs is 3. The summed E-state index contributed by atoms with van der Waals surface area (Å²) in [5.41, 5.74) is 3.25. The van der Waals surface area contributed by atoms with Crippen molar-refractivity contribution < 1.29 is 4.79 Å². The molecule has 0 spiro atoms. The maximum Gasteiger partial charge on any atom is 0.239 e. The Morgan fingerprint density at radius 2 is 2.12 bits per heavy atom. The molecular formula is C20H28ClN3O. The van der Waals surface area contributed by atoms with Gasteiger partial charge in [-0.2, -0.15) is 0 Å². The van der Waals surface area contributed by atoms with Crippen LogP contribution >= 0.6 is 11.6 Å². The van der Waals surface area contributed by atoms with Gasteiger partial charge in [0.2, 0.25) is 5.91 Å². The largest absolute Gasteiger partial charge is 0.362 e. The van der Waals surface area contributed by atoms with Crippen LogP contribution in [0.15, 0.2) is 24.8 Å². The maximum atomic E-state index is 12.4. The van der Waals surface area contributed by atoms with Gasteiger partial charge in [-0.3, -0.25) is 9.69 Å². The molecule has 2 unspecified atom stereocenters. The third-order valence-corrected chi connectivity index (χ3v) is 5.64. The van der Waals surface area contributed by atoms with Gasteiger partial charge in [-0.05, 0) is 63.9 Å². The Labute approximate surface area is 155 Å². The fourth-order valence-corrected chi connectivity index (χ4v) is 4.30. The van der Waals surface area contributed by atoms with Crippen LogP contribution in [0.1, 0.15) is 38.7 Å². The first-order chi connectivity index (χ1) is 11.9. The summed E-state index contributed by atoms with van der Waals surface area (Å²) < 4.78 is 0. The van der Waals surface area contributed by atoms with Crippen molar-refractivity contribution in [2.75, 3.05) is 25.0 Å². The molecule has 0 saturated carbocycles. The number of nitrogens with zero attached hydrogens (tertiary/aromatic N) is 2. The molecule has 2 aliphatic rings. The number of anilines is 1. The highest BCUT2D eigenvalue weighted by Gasteiger charge is 2.35. The number of nitrogens with one attached hydrogen (secondary N) is 1. The van der Waals surface area contributed by atoms with Crippen LogP contribution in [-0.4, -0.2) is 49.1 Å². The van der Waals surface area contributed by atoms with Gasteiger partial charge in [-0.15, -0.1) is 0 Å². The summed E-state index contributed by atoms with van der Waals surface area (Å²) in [6.45, 7) is 9.59. The Morgan fingerprint density at radius 3 is 2.84 bits per heavy atom. The third-order valence-electron chi connectivity index (χ3n) is 5.40. The number of hydrogen-bond acceptors (Lipinski definition) is 3. The van der Waals surface area contributed by atoms with Crippen molar-refractivity contribution in [3.8, 4) is 0 Å². The van der Waals surface area contributed by atoms with Crippen molar-refractivity contribution in [2.24, 2.45) is 0 Å². The van der Waals surface area contributed by atoms with E-state index in [0.717, 1.165) is 36.2 Å². The molecule has 2 bridgehead atoms. The zero-order chi connectivity index (χ0) is 18.1. The molecule has 2 aliphatic heterocycles. The van der Waals surface area contributed by atoms with Gasteiger partial charge >= 0.3 is 0 Å². The zero-order valence-corrected chi connectivity index (χ0v) is 16.1. The number of halogens is 1. The second-order valence-electron chi connectivity index (χ2n) is 7.53. The van der Waals surface area contributed by atoms with E-state index in [9.17, 15) is 4.79 Å². The van der Waals surface area contributed by atoms with Crippen LogP contribution < -0.4 is 10.2 Å². The minimum Gasteiger partial charge on any atom is -0.362 e. The Hall–Kier alpha value is -1.52. The summed E-state index contributed by atoms with van der Waals surface area (Å²) in [5, 5.41) is 3.71. The zero-order valence-electron chi connectivity index (χ0n) is 15.4. The Morgan fingerprint density at radius 1 is 1.36 bits per heavy atom. The van der Waals surface area contributed by atoms with Crippen LogP contribution in [0.4, 0.5) is 5.69 Å². The summed E-state index contributed by atoms with van der Waals surface area (Å²) in [7, 11) is 2.19. The van der Waals surface area contributed by atoms with Crippen molar-refractivity contribution in [2.45, 2.75) is 51.2 Å². The quantitative estimate of drug-likeness (QED) is 0.894. The van der Waals surface area contributed by atoms with Gasteiger partial charge in [-0.1, -0.05) is 18.2 Å². The highest BCUT2D eigenvalue weighted by atomic mass is 35.5. The lowest BCUT2D eigenvalue weighted by Gasteiger charge is -2.28. The van der Waals surface area contributed by atoms with Crippen LogP contribution in [-0.2, 0) is 4.79 Å². The standard InChI is InChI=1S/C20H28ClN3O/c1-13(2)22-20(25)12-24-10-9-16-6-8-18(23(16)4)14(3)17-11-15(21)5-7-19(17)24/h5,7,11,13,16,18H,3,6,8-10,12H2,1-2,4H3,(H,22,25).